The number of hydrogen-bond donors (Lipinski definition) is 2. The summed E-state index contributed by atoms with van der Waals surface area (Å²) < 4.78 is 0. The summed E-state index contributed by atoms with van der Waals surface area (Å²) in [7, 11) is 2.00. The van der Waals surface area contributed by atoms with Crippen molar-refractivity contribution in [2.75, 3.05) is 26.7 Å². The first kappa shape index (κ1) is 16.4. The fraction of sp³-hybridized carbons (Fsp3) is 0.375. The van der Waals surface area contributed by atoms with Gasteiger partial charge in [0.2, 0.25) is 0 Å². The molecule has 1 aromatic rings. The van der Waals surface area contributed by atoms with Crippen LogP contribution in [0.15, 0.2) is 42.1 Å². The van der Waals surface area contributed by atoms with E-state index in [4.69, 9.17) is 23.2 Å². The highest BCUT2D eigenvalue weighted by Gasteiger charge is 2.12. The zero-order chi connectivity index (χ0) is 15.2. The first-order valence-corrected chi connectivity index (χ1v) is 7.72. The quantitative estimate of drug-likeness (QED) is 0.843. The van der Waals surface area contributed by atoms with Crippen LogP contribution in [0.3, 0.4) is 0 Å². The van der Waals surface area contributed by atoms with Gasteiger partial charge in [0, 0.05) is 25.8 Å². The fourth-order valence-electron chi connectivity index (χ4n) is 2.20. The Hall–Kier alpha value is -1.00. The van der Waals surface area contributed by atoms with Crippen molar-refractivity contribution < 1.29 is 5.11 Å². The Labute approximate surface area is 135 Å². The van der Waals surface area contributed by atoms with Crippen LogP contribution < -0.4 is 5.32 Å². The molecular formula is C16H20Cl2N2O. The van der Waals surface area contributed by atoms with Gasteiger partial charge in [-0.25, -0.2) is 0 Å². The third-order valence-electron chi connectivity index (χ3n) is 3.45. The Kier molecular flexibility index (Phi) is 6.12. The number of benzene rings is 1. The van der Waals surface area contributed by atoms with Crippen LogP contribution in [0.5, 0.6) is 0 Å². The van der Waals surface area contributed by atoms with Crippen molar-refractivity contribution in [3.63, 3.8) is 0 Å². The molecule has 5 heteroatoms. The molecule has 0 fully saturated rings. The summed E-state index contributed by atoms with van der Waals surface area (Å²) in [6.45, 7) is 2.27. The van der Waals surface area contributed by atoms with Crippen molar-refractivity contribution >= 4 is 23.2 Å². The zero-order valence-electron chi connectivity index (χ0n) is 12.0. The predicted molar refractivity (Wildman–Crippen MR) is 88.9 cm³/mol. The highest BCUT2D eigenvalue weighted by Crippen LogP contribution is 2.22. The lowest BCUT2D eigenvalue weighted by Gasteiger charge is -2.22. The molecule has 0 saturated heterocycles. The molecule has 2 rings (SSSR count). The Morgan fingerprint density at radius 1 is 1.33 bits per heavy atom. The van der Waals surface area contributed by atoms with Crippen LogP contribution in [0, 0.1) is 0 Å². The van der Waals surface area contributed by atoms with Crippen LogP contribution in [-0.2, 0) is 6.42 Å². The van der Waals surface area contributed by atoms with Crippen molar-refractivity contribution in [3.05, 3.63) is 57.7 Å². The second-order valence-electron chi connectivity index (χ2n) is 5.23. The summed E-state index contributed by atoms with van der Waals surface area (Å²) in [5.41, 5.74) is 2.06. The monoisotopic (exact) mass is 326 g/mol. The number of halogens is 2. The second-order valence-corrected chi connectivity index (χ2v) is 6.05. The first-order valence-electron chi connectivity index (χ1n) is 6.97. The predicted octanol–water partition coefficient (Wildman–Crippen LogP) is 2.87. The highest BCUT2D eigenvalue weighted by atomic mass is 35.5. The number of dihydropyridines is 1. The number of nitrogens with one attached hydrogen (secondary N) is 1. The lowest BCUT2D eigenvalue weighted by molar-refractivity contribution is 0.157. The molecule has 3 nitrogen and oxygen atoms in total. The molecule has 21 heavy (non-hydrogen) atoms. The second kappa shape index (κ2) is 7.85. The lowest BCUT2D eigenvalue weighted by atomic mass is 10.1. The highest BCUT2D eigenvalue weighted by molar-refractivity contribution is 6.42. The van der Waals surface area contributed by atoms with E-state index in [1.54, 1.807) is 0 Å². The molecule has 0 aliphatic carbocycles. The number of likely N-dealkylation sites (N-methyl/N-ethyl adjacent to an activating group) is 1. The minimum atomic E-state index is -0.479. The third kappa shape index (κ3) is 5.04. The van der Waals surface area contributed by atoms with Gasteiger partial charge >= 0.3 is 0 Å². The van der Waals surface area contributed by atoms with Gasteiger partial charge in [0.25, 0.3) is 0 Å². The minimum Gasteiger partial charge on any atom is -0.387 e. The third-order valence-corrected chi connectivity index (χ3v) is 4.19. The van der Waals surface area contributed by atoms with E-state index >= 15 is 0 Å². The summed E-state index contributed by atoms with van der Waals surface area (Å²) in [5.74, 6) is 0. The number of hydrogen-bond acceptors (Lipinski definition) is 3. The maximum absolute atomic E-state index is 10.2. The van der Waals surface area contributed by atoms with E-state index in [-0.39, 0.29) is 0 Å². The molecule has 0 spiro atoms. The van der Waals surface area contributed by atoms with Crippen LogP contribution in [0.4, 0.5) is 0 Å². The van der Waals surface area contributed by atoms with E-state index in [0.717, 1.165) is 30.6 Å². The van der Waals surface area contributed by atoms with Crippen LogP contribution in [0.1, 0.15) is 5.56 Å². The summed E-state index contributed by atoms with van der Waals surface area (Å²) in [6.07, 6.45) is 6.24. The molecule has 0 amide bonds. The normalized spacial score (nSPS) is 15.8. The van der Waals surface area contributed by atoms with E-state index in [9.17, 15) is 5.11 Å². The van der Waals surface area contributed by atoms with Crippen LogP contribution >= 0.6 is 23.2 Å². The van der Waals surface area contributed by atoms with Gasteiger partial charge in [-0.1, -0.05) is 41.4 Å². The van der Waals surface area contributed by atoms with Gasteiger partial charge in [0.1, 0.15) is 0 Å². The topological polar surface area (TPSA) is 35.5 Å². The average molecular weight is 327 g/mol. The van der Waals surface area contributed by atoms with Crippen molar-refractivity contribution in [2.24, 2.45) is 0 Å². The number of rotatable bonds is 6. The molecule has 1 aliphatic heterocycles. The number of aliphatic hydroxyl groups is 1. The van der Waals surface area contributed by atoms with Gasteiger partial charge in [-0.15, -0.1) is 0 Å². The summed E-state index contributed by atoms with van der Waals surface area (Å²) in [4.78, 5) is 2.11. The van der Waals surface area contributed by atoms with Crippen LogP contribution in [0.2, 0.25) is 10.0 Å². The fourth-order valence-corrected chi connectivity index (χ4v) is 2.52. The van der Waals surface area contributed by atoms with Gasteiger partial charge in [0.15, 0.2) is 0 Å². The van der Waals surface area contributed by atoms with E-state index in [1.807, 2.05) is 43.6 Å². The molecule has 1 unspecified atom stereocenters. The molecule has 1 heterocycles. The minimum absolute atomic E-state index is 0.479. The van der Waals surface area contributed by atoms with E-state index < -0.39 is 6.10 Å². The van der Waals surface area contributed by atoms with Crippen molar-refractivity contribution in [2.45, 2.75) is 12.5 Å². The molecule has 0 aromatic heterocycles. The van der Waals surface area contributed by atoms with Gasteiger partial charge in [-0.3, -0.25) is 0 Å². The van der Waals surface area contributed by atoms with Crippen LogP contribution in [-0.4, -0.2) is 42.8 Å². The molecule has 0 radical (unpaired) electrons. The standard InChI is InChI=1S/C16H20Cl2N2O/c1-20(11-16(21)13-3-2-7-19-10-13)8-6-12-4-5-14(17)15(18)9-12/h2-5,9-10,16,19,21H,6-8,11H2,1H3. The number of aliphatic hydroxyl groups excluding tert-OH is 1. The summed E-state index contributed by atoms with van der Waals surface area (Å²) in [6, 6.07) is 5.69. The first-order chi connectivity index (χ1) is 10.1. The Morgan fingerprint density at radius 3 is 2.81 bits per heavy atom. The van der Waals surface area contributed by atoms with Gasteiger partial charge < -0.3 is 15.3 Å². The Bertz CT molecular complexity index is 543. The van der Waals surface area contributed by atoms with Crippen molar-refractivity contribution in [3.8, 4) is 0 Å². The average Bonchev–Trinajstić information content (AvgIpc) is 2.49. The molecule has 0 bridgehead atoms. The van der Waals surface area contributed by atoms with Crippen molar-refractivity contribution in [1.29, 1.82) is 0 Å². The molecule has 1 aromatic carbocycles. The van der Waals surface area contributed by atoms with Crippen molar-refractivity contribution in [1.82, 2.24) is 10.2 Å². The molecule has 2 N–H and O–H groups in total. The molecule has 1 aliphatic rings. The van der Waals surface area contributed by atoms with Gasteiger partial charge in [0.05, 0.1) is 16.1 Å². The van der Waals surface area contributed by atoms with E-state index in [1.165, 1.54) is 0 Å². The summed E-state index contributed by atoms with van der Waals surface area (Å²) in [5, 5.41) is 14.4. The van der Waals surface area contributed by atoms with Gasteiger partial charge in [-0.2, -0.15) is 0 Å². The zero-order valence-corrected chi connectivity index (χ0v) is 13.5. The number of nitrogens with zero attached hydrogens (tertiary/aromatic N) is 1. The van der Waals surface area contributed by atoms with E-state index in [2.05, 4.69) is 10.2 Å². The van der Waals surface area contributed by atoms with E-state index in [0.29, 0.717) is 16.6 Å². The Balaban J connectivity index is 1.81. The summed E-state index contributed by atoms with van der Waals surface area (Å²) >= 11 is 11.9. The molecular weight excluding hydrogens is 307 g/mol. The maximum atomic E-state index is 10.2. The molecule has 1 atom stereocenters. The molecule has 114 valence electrons. The maximum Gasteiger partial charge on any atom is 0.0930 e. The SMILES string of the molecule is CN(CCc1ccc(Cl)c(Cl)c1)CC(O)C1=CNCC=C1. The van der Waals surface area contributed by atoms with Crippen LogP contribution in [0.25, 0.3) is 0 Å². The van der Waals surface area contributed by atoms with Gasteiger partial charge in [-0.05, 0) is 36.7 Å². The molecule has 0 saturated carbocycles. The smallest absolute Gasteiger partial charge is 0.0930 e. The lowest BCUT2D eigenvalue weighted by Crippen LogP contribution is -2.32. The largest absolute Gasteiger partial charge is 0.387 e. The Morgan fingerprint density at radius 2 is 2.14 bits per heavy atom.